The number of allylic oxidation sites excluding steroid dienone is 1. The second kappa shape index (κ2) is 8.80. The van der Waals surface area contributed by atoms with Gasteiger partial charge in [-0.2, -0.15) is 0 Å². The second-order valence-corrected chi connectivity index (χ2v) is 2.80. The maximum absolute atomic E-state index is 10.4. The maximum atomic E-state index is 10.4. The highest BCUT2D eigenvalue weighted by molar-refractivity contribution is 5.85. The van der Waals surface area contributed by atoms with Crippen LogP contribution in [-0.2, 0) is 9.59 Å². The predicted molar refractivity (Wildman–Crippen MR) is 59.1 cm³/mol. The van der Waals surface area contributed by atoms with Gasteiger partial charge in [-0.15, -0.1) is 0 Å². The monoisotopic (exact) mass is 214 g/mol. The fourth-order valence-electron chi connectivity index (χ4n) is 0.655. The number of nitrogens with two attached hydrogens (primary N) is 1. The number of amides is 1. The number of primary amides is 1. The van der Waals surface area contributed by atoms with Crippen LogP contribution in [0.15, 0.2) is 24.4 Å². The van der Waals surface area contributed by atoms with Crippen LogP contribution in [0, 0.1) is 0 Å². The molecule has 0 aromatic heterocycles. The molecule has 0 rings (SSSR count). The Hall–Kier alpha value is -1.78. The van der Waals surface area contributed by atoms with Gasteiger partial charge < -0.3 is 15.7 Å². The Morgan fingerprint density at radius 3 is 1.93 bits per heavy atom. The lowest BCUT2D eigenvalue weighted by molar-refractivity contribution is -0.134. The molecule has 0 aliphatic carbocycles. The van der Waals surface area contributed by atoms with Gasteiger partial charge in [0.2, 0.25) is 5.91 Å². The van der Waals surface area contributed by atoms with Gasteiger partial charge in [0.05, 0.1) is 0 Å². The van der Waals surface area contributed by atoms with Crippen LogP contribution in [0.2, 0.25) is 0 Å². The first-order chi connectivity index (χ1) is 6.86. The van der Waals surface area contributed by atoms with Gasteiger partial charge >= 0.3 is 5.97 Å². The Labute approximate surface area is 89.9 Å². The molecular formula is C10H18N2O3. The third kappa shape index (κ3) is 10.1. The molecule has 0 aliphatic rings. The minimum Gasteiger partial charge on any atom is -0.477 e. The molecule has 86 valence electrons. The van der Waals surface area contributed by atoms with Crippen LogP contribution in [0.1, 0.15) is 13.3 Å². The summed E-state index contributed by atoms with van der Waals surface area (Å²) in [5.74, 6) is -1.35. The van der Waals surface area contributed by atoms with Gasteiger partial charge in [-0.05, 0) is 12.5 Å². The summed E-state index contributed by atoms with van der Waals surface area (Å²) in [5, 5.41) is 8.56. The summed E-state index contributed by atoms with van der Waals surface area (Å²) in [6.07, 6.45) is 3.49. The van der Waals surface area contributed by atoms with Crippen LogP contribution in [0.3, 0.4) is 0 Å². The van der Waals surface area contributed by atoms with Crippen molar-refractivity contribution in [1.82, 2.24) is 4.90 Å². The van der Waals surface area contributed by atoms with Crippen LogP contribution >= 0.6 is 0 Å². The first-order valence-electron chi connectivity index (χ1n) is 4.39. The van der Waals surface area contributed by atoms with E-state index in [1.165, 1.54) is 0 Å². The molecule has 0 atom stereocenters. The van der Waals surface area contributed by atoms with E-state index in [-0.39, 0.29) is 0 Å². The molecule has 0 aromatic rings. The zero-order chi connectivity index (χ0) is 12.4. The van der Waals surface area contributed by atoms with Gasteiger partial charge in [-0.3, -0.25) is 4.79 Å². The van der Waals surface area contributed by atoms with E-state index >= 15 is 0 Å². The Balaban J connectivity index is 0. The van der Waals surface area contributed by atoms with E-state index in [2.05, 4.69) is 12.3 Å². The Bertz CT molecular complexity index is 257. The summed E-state index contributed by atoms with van der Waals surface area (Å²) >= 11 is 0. The van der Waals surface area contributed by atoms with E-state index in [9.17, 15) is 9.59 Å². The fourth-order valence-corrected chi connectivity index (χ4v) is 0.655. The summed E-state index contributed by atoms with van der Waals surface area (Å²) in [5.41, 5.74) is 4.88. The lowest BCUT2D eigenvalue weighted by Crippen LogP contribution is -2.18. The molecule has 0 fully saturated rings. The topological polar surface area (TPSA) is 83.6 Å². The van der Waals surface area contributed by atoms with Crippen LogP contribution in [0.4, 0.5) is 0 Å². The highest BCUT2D eigenvalue weighted by Gasteiger charge is 2.06. The summed E-state index contributed by atoms with van der Waals surface area (Å²) in [6.45, 7) is 4.99. The number of nitrogens with zero attached hydrogens (tertiary/aromatic N) is 1. The molecule has 5 heteroatoms. The standard InChI is InChI=1S/C7H13NO2.C3H5NO/c1-4-5-6(7(9)10)8(2)3;1-2-3(4)5/h5H,4H2,1-3H3,(H,9,10);2H,1H2,(H2,4,5)/b6-5+;. The maximum Gasteiger partial charge on any atom is 0.351 e. The van der Waals surface area contributed by atoms with E-state index in [1.807, 2.05) is 6.92 Å². The molecule has 0 aromatic carbocycles. The van der Waals surface area contributed by atoms with E-state index in [0.717, 1.165) is 12.5 Å². The summed E-state index contributed by atoms with van der Waals surface area (Å²) < 4.78 is 0. The smallest absolute Gasteiger partial charge is 0.351 e. The first-order valence-corrected chi connectivity index (χ1v) is 4.39. The highest BCUT2D eigenvalue weighted by atomic mass is 16.4. The number of hydrogen-bond donors (Lipinski definition) is 2. The third-order valence-corrected chi connectivity index (χ3v) is 1.30. The molecule has 0 heterocycles. The van der Waals surface area contributed by atoms with Crippen molar-refractivity contribution in [3.8, 4) is 0 Å². The van der Waals surface area contributed by atoms with Crippen molar-refractivity contribution in [2.75, 3.05) is 14.1 Å². The first kappa shape index (κ1) is 15.7. The molecular weight excluding hydrogens is 196 g/mol. The van der Waals surface area contributed by atoms with E-state index in [1.54, 1.807) is 25.1 Å². The van der Waals surface area contributed by atoms with E-state index in [0.29, 0.717) is 5.70 Å². The average molecular weight is 214 g/mol. The van der Waals surface area contributed by atoms with Gasteiger partial charge in [0, 0.05) is 14.1 Å². The number of carboxylic acid groups (broad SMARTS) is 1. The van der Waals surface area contributed by atoms with Gasteiger partial charge in [-0.1, -0.05) is 19.6 Å². The number of carbonyl (C=O) groups excluding carboxylic acids is 1. The molecule has 3 N–H and O–H groups in total. The van der Waals surface area contributed by atoms with Crippen molar-refractivity contribution in [3.05, 3.63) is 24.4 Å². The van der Waals surface area contributed by atoms with Crippen molar-refractivity contribution in [2.24, 2.45) is 5.73 Å². The minimum atomic E-state index is -0.869. The summed E-state index contributed by atoms with van der Waals surface area (Å²) in [7, 11) is 3.44. The molecule has 1 amide bonds. The normalized spacial score (nSPS) is 9.67. The molecule has 0 saturated carbocycles. The van der Waals surface area contributed by atoms with Gasteiger partial charge in [0.15, 0.2) is 0 Å². The molecule has 0 aliphatic heterocycles. The van der Waals surface area contributed by atoms with Crippen molar-refractivity contribution >= 4 is 11.9 Å². The Morgan fingerprint density at radius 1 is 1.47 bits per heavy atom. The number of carboxylic acids is 1. The van der Waals surface area contributed by atoms with Crippen LogP contribution in [-0.4, -0.2) is 36.0 Å². The van der Waals surface area contributed by atoms with Gasteiger partial charge in [0.1, 0.15) is 5.70 Å². The number of aliphatic carboxylic acids is 1. The molecule has 0 spiro atoms. The van der Waals surface area contributed by atoms with Crippen molar-refractivity contribution in [1.29, 1.82) is 0 Å². The van der Waals surface area contributed by atoms with E-state index < -0.39 is 11.9 Å². The van der Waals surface area contributed by atoms with Crippen LogP contribution < -0.4 is 5.73 Å². The molecule has 0 bridgehead atoms. The zero-order valence-corrected chi connectivity index (χ0v) is 9.36. The van der Waals surface area contributed by atoms with E-state index in [4.69, 9.17) is 5.11 Å². The van der Waals surface area contributed by atoms with Gasteiger partial charge in [0.25, 0.3) is 0 Å². The van der Waals surface area contributed by atoms with Crippen molar-refractivity contribution < 1.29 is 14.7 Å². The molecule has 5 nitrogen and oxygen atoms in total. The van der Waals surface area contributed by atoms with Crippen molar-refractivity contribution in [3.63, 3.8) is 0 Å². The zero-order valence-electron chi connectivity index (χ0n) is 9.36. The SMILES string of the molecule is C=CC(N)=O.CC/C=C(\C(=O)O)N(C)C. The van der Waals surface area contributed by atoms with Crippen LogP contribution in [0.25, 0.3) is 0 Å². The van der Waals surface area contributed by atoms with Crippen LogP contribution in [0.5, 0.6) is 0 Å². The second-order valence-electron chi connectivity index (χ2n) is 2.80. The summed E-state index contributed by atoms with van der Waals surface area (Å²) in [4.78, 5) is 21.5. The number of rotatable bonds is 4. The molecule has 15 heavy (non-hydrogen) atoms. The largest absolute Gasteiger partial charge is 0.477 e. The van der Waals surface area contributed by atoms with Crippen molar-refractivity contribution in [2.45, 2.75) is 13.3 Å². The molecule has 0 saturated heterocycles. The highest BCUT2D eigenvalue weighted by Crippen LogP contribution is 1.99. The lowest BCUT2D eigenvalue weighted by Gasteiger charge is -2.11. The minimum absolute atomic E-state index is 0.350. The third-order valence-electron chi connectivity index (χ3n) is 1.30. The number of hydrogen-bond acceptors (Lipinski definition) is 3. The summed E-state index contributed by atoms with van der Waals surface area (Å²) in [6, 6.07) is 0. The van der Waals surface area contributed by atoms with Gasteiger partial charge in [-0.25, -0.2) is 4.79 Å². The Kier molecular flexibility index (Phi) is 9.20. The number of carbonyl (C=O) groups is 2. The molecule has 0 radical (unpaired) electrons. The quantitative estimate of drug-likeness (QED) is 0.671. The predicted octanol–water partition coefficient (Wildman–Crippen LogP) is 0.584. The average Bonchev–Trinajstić information content (AvgIpc) is 2.14. The lowest BCUT2D eigenvalue weighted by atomic mass is 10.3. The fraction of sp³-hybridized carbons (Fsp3) is 0.400. The molecule has 0 unspecified atom stereocenters. The Morgan fingerprint density at radius 2 is 1.87 bits per heavy atom. The number of likely N-dealkylation sites (N-methyl/N-ethyl adjacent to an activating group) is 1.